The van der Waals surface area contributed by atoms with Gasteiger partial charge in [-0.05, 0) is 37.9 Å². The van der Waals surface area contributed by atoms with Crippen molar-refractivity contribution in [2.45, 2.75) is 32.4 Å². The fraction of sp³-hybridized carbons (Fsp3) is 0.333. The van der Waals surface area contributed by atoms with E-state index in [1.54, 1.807) is 10.5 Å². The van der Waals surface area contributed by atoms with Gasteiger partial charge in [0.05, 0.1) is 5.69 Å². The van der Waals surface area contributed by atoms with Gasteiger partial charge < -0.3 is 0 Å². The number of hydrogen-bond acceptors (Lipinski definition) is 4. The van der Waals surface area contributed by atoms with Crippen LogP contribution in [0.5, 0.6) is 0 Å². The Bertz CT molecular complexity index is 927. The molecule has 0 spiro atoms. The van der Waals surface area contributed by atoms with Crippen LogP contribution in [0.1, 0.15) is 35.0 Å². The molecule has 0 radical (unpaired) electrons. The van der Waals surface area contributed by atoms with Gasteiger partial charge in [0, 0.05) is 29.7 Å². The van der Waals surface area contributed by atoms with Crippen molar-refractivity contribution in [3.8, 4) is 0 Å². The Labute approximate surface area is 139 Å². The molecule has 0 bridgehead atoms. The van der Waals surface area contributed by atoms with Gasteiger partial charge in [-0.3, -0.25) is 14.1 Å². The summed E-state index contributed by atoms with van der Waals surface area (Å²) in [7, 11) is 2.12. The van der Waals surface area contributed by atoms with Crippen molar-refractivity contribution in [1.82, 2.24) is 14.3 Å². The van der Waals surface area contributed by atoms with Crippen molar-refractivity contribution < 1.29 is 0 Å². The second-order valence-electron chi connectivity index (χ2n) is 6.25. The van der Waals surface area contributed by atoms with Crippen LogP contribution in [-0.4, -0.2) is 21.3 Å². The quantitative estimate of drug-likeness (QED) is 0.742. The van der Waals surface area contributed by atoms with E-state index in [9.17, 15) is 4.79 Å². The molecule has 118 valence electrons. The average molecular weight is 325 g/mol. The highest BCUT2D eigenvalue weighted by Crippen LogP contribution is 2.35. The van der Waals surface area contributed by atoms with Crippen molar-refractivity contribution in [2.75, 3.05) is 7.05 Å². The van der Waals surface area contributed by atoms with Crippen molar-refractivity contribution in [3.05, 3.63) is 68.6 Å². The maximum Gasteiger partial charge on any atom is 0.259 e. The third-order valence-electron chi connectivity index (χ3n) is 4.67. The van der Waals surface area contributed by atoms with Gasteiger partial charge in [-0.15, -0.1) is 11.3 Å². The first-order valence-corrected chi connectivity index (χ1v) is 8.76. The Morgan fingerprint density at radius 1 is 1.39 bits per heavy atom. The summed E-state index contributed by atoms with van der Waals surface area (Å²) in [6.07, 6.45) is 2.26. The first-order chi connectivity index (χ1) is 11.1. The predicted molar refractivity (Wildman–Crippen MR) is 93.0 cm³/mol. The minimum Gasteiger partial charge on any atom is -0.294 e. The summed E-state index contributed by atoms with van der Waals surface area (Å²) >= 11 is 1.52. The second-order valence-corrected chi connectivity index (χ2v) is 7.09. The summed E-state index contributed by atoms with van der Waals surface area (Å²) in [4.78, 5) is 20.1. The van der Waals surface area contributed by atoms with Crippen molar-refractivity contribution >= 4 is 16.3 Å². The number of benzene rings is 1. The molecule has 0 saturated carbocycles. The average Bonchev–Trinajstić information content (AvgIpc) is 3.11. The van der Waals surface area contributed by atoms with Crippen LogP contribution in [0.4, 0.5) is 0 Å². The molecule has 0 aliphatic heterocycles. The van der Waals surface area contributed by atoms with Gasteiger partial charge in [0.1, 0.15) is 0 Å². The van der Waals surface area contributed by atoms with Crippen LogP contribution in [0, 0.1) is 6.92 Å². The molecule has 3 aromatic rings. The van der Waals surface area contributed by atoms with Gasteiger partial charge in [-0.2, -0.15) is 0 Å². The number of nitrogens with zero attached hydrogens (tertiary/aromatic N) is 3. The van der Waals surface area contributed by atoms with E-state index in [0.29, 0.717) is 12.6 Å². The molecular weight excluding hydrogens is 306 g/mol. The first-order valence-electron chi connectivity index (χ1n) is 7.88. The van der Waals surface area contributed by atoms with Gasteiger partial charge in [-0.1, -0.05) is 24.3 Å². The first kappa shape index (κ1) is 14.6. The molecule has 0 unspecified atom stereocenters. The number of rotatable bonds is 3. The van der Waals surface area contributed by atoms with Crippen LogP contribution in [-0.2, 0) is 13.0 Å². The summed E-state index contributed by atoms with van der Waals surface area (Å²) in [5.74, 6) is 0. The van der Waals surface area contributed by atoms with Crippen molar-refractivity contribution in [2.24, 2.45) is 0 Å². The second kappa shape index (κ2) is 5.58. The highest BCUT2D eigenvalue weighted by molar-refractivity contribution is 7.15. The molecule has 5 heteroatoms. The molecule has 1 aromatic carbocycles. The SMILES string of the molecule is Cc1csc2nc(CN(C)[C@H]3CCc4ccccc43)cc(=O)n12. The predicted octanol–water partition coefficient (Wildman–Crippen LogP) is 3.18. The van der Waals surface area contributed by atoms with Crippen molar-refractivity contribution in [3.63, 3.8) is 0 Å². The molecule has 0 fully saturated rings. The zero-order valence-corrected chi connectivity index (χ0v) is 14.1. The van der Waals surface area contributed by atoms with Gasteiger partial charge in [-0.25, -0.2) is 4.98 Å². The van der Waals surface area contributed by atoms with E-state index in [2.05, 4.69) is 41.2 Å². The Hall–Kier alpha value is -1.98. The Morgan fingerprint density at radius 2 is 2.22 bits per heavy atom. The fourth-order valence-corrected chi connectivity index (χ4v) is 4.43. The zero-order chi connectivity index (χ0) is 16.0. The number of hydrogen-bond donors (Lipinski definition) is 0. The smallest absolute Gasteiger partial charge is 0.259 e. The number of thiazole rings is 1. The Morgan fingerprint density at radius 3 is 3.09 bits per heavy atom. The topological polar surface area (TPSA) is 37.6 Å². The van der Waals surface area contributed by atoms with E-state index >= 15 is 0 Å². The molecule has 1 atom stereocenters. The Balaban J connectivity index is 1.62. The third-order valence-corrected chi connectivity index (χ3v) is 5.62. The summed E-state index contributed by atoms with van der Waals surface area (Å²) in [5.41, 5.74) is 4.68. The molecule has 4 rings (SSSR count). The van der Waals surface area contributed by atoms with Gasteiger partial charge in [0.2, 0.25) is 0 Å². The Kier molecular flexibility index (Phi) is 3.54. The van der Waals surface area contributed by atoms with Crippen LogP contribution in [0.3, 0.4) is 0 Å². The lowest BCUT2D eigenvalue weighted by molar-refractivity contribution is 0.233. The van der Waals surface area contributed by atoms with Gasteiger partial charge >= 0.3 is 0 Å². The van der Waals surface area contributed by atoms with E-state index < -0.39 is 0 Å². The van der Waals surface area contributed by atoms with E-state index in [1.165, 1.54) is 22.5 Å². The third kappa shape index (κ3) is 2.50. The lowest BCUT2D eigenvalue weighted by Crippen LogP contribution is -2.25. The molecular formula is C18H19N3OS. The number of aromatic nitrogens is 2. The molecule has 1 aliphatic carbocycles. The van der Waals surface area contributed by atoms with Crippen LogP contribution in [0.2, 0.25) is 0 Å². The minimum absolute atomic E-state index is 0.0176. The van der Waals surface area contributed by atoms with Crippen LogP contribution in [0.25, 0.3) is 4.96 Å². The van der Waals surface area contributed by atoms with Gasteiger partial charge in [0.15, 0.2) is 4.96 Å². The van der Waals surface area contributed by atoms with Crippen LogP contribution < -0.4 is 5.56 Å². The minimum atomic E-state index is 0.0176. The van der Waals surface area contributed by atoms with E-state index in [-0.39, 0.29) is 5.56 Å². The monoisotopic (exact) mass is 325 g/mol. The zero-order valence-electron chi connectivity index (χ0n) is 13.3. The van der Waals surface area contributed by atoms with Crippen LogP contribution >= 0.6 is 11.3 Å². The molecule has 2 aromatic heterocycles. The van der Waals surface area contributed by atoms with Crippen molar-refractivity contribution in [1.29, 1.82) is 0 Å². The van der Waals surface area contributed by atoms with E-state index in [4.69, 9.17) is 0 Å². The summed E-state index contributed by atoms with van der Waals surface area (Å²) in [6.45, 7) is 2.63. The lowest BCUT2D eigenvalue weighted by atomic mass is 10.1. The van der Waals surface area contributed by atoms with Gasteiger partial charge in [0.25, 0.3) is 5.56 Å². The number of fused-ring (bicyclic) bond motifs is 2. The summed E-state index contributed by atoms with van der Waals surface area (Å²) < 4.78 is 1.68. The summed E-state index contributed by atoms with van der Waals surface area (Å²) in [5, 5.41) is 1.98. The molecule has 0 N–H and O–H groups in total. The number of aryl methyl sites for hydroxylation is 2. The molecule has 2 heterocycles. The highest BCUT2D eigenvalue weighted by atomic mass is 32.1. The molecule has 0 saturated heterocycles. The summed E-state index contributed by atoms with van der Waals surface area (Å²) in [6, 6.07) is 10.7. The molecule has 1 aliphatic rings. The highest BCUT2D eigenvalue weighted by Gasteiger charge is 2.25. The molecule has 4 nitrogen and oxygen atoms in total. The molecule has 0 amide bonds. The fourth-order valence-electron chi connectivity index (χ4n) is 3.54. The maximum absolute atomic E-state index is 12.3. The van der Waals surface area contributed by atoms with Crippen LogP contribution in [0.15, 0.2) is 40.5 Å². The normalized spacial score (nSPS) is 17.1. The maximum atomic E-state index is 12.3. The standard InChI is InChI=1S/C18H19N3OS/c1-12-11-23-18-19-14(9-17(22)21(12)18)10-20(2)16-8-7-13-5-3-4-6-15(13)16/h3-6,9,11,16H,7-8,10H2,1-2H3/t16-/m0/s1. The van der Waals surface area contributed by atoms with E-state index in [0.717, 1.165) is 29.2 Å². The largest absolute Gasteiger partial charge is 0.294 e. The van der Waals surface area contributed by atoms with E-state index in [1.807, 2.05) is 12.3 Å². The molecule has 23 heavy (non-hydrogen) atoms. The lowest BCUT2D eigenvalue weighted by Gasteiger charge is -2.24.